The average molecular weight is 604 g/mol. The van der Waals surface area contributed by atoms with Crippen LogP contribution in [0.25, 0.3) is 77.8 Å². The van der Waals surface area contributed by atoms with E-state index in [1.807, 2.05) is 24.3 Å². The number of allylic oxidation sites excluding steroid dienone is 4. The Balaban J connectivity index is 1.29. The molecule has 4 nitrogen and oxygen atoms in total. The number of hydrogen-bond donors (Lipinski definition) is 0. The molecule has 47 heavy (non-hydrogen) atoms. The molecular weight excluding hydrogens is 574 g/mol. The zero-order valence-electron chi connectivity index (χ0n) is 25.6. The molecule has 0 atom stereocenters. The maximum Gasteiger partial charge on any atom is 0.156 e. The summed E-state index contributed by atoms with van der Waals surface area (Å²) >= 11 is 0. The molecule has 8 aromatic rings. The van der Waals surface area contributed by atoms with Crippen molar-refractivity contribution in [3.63, 3.8) is 0 Å². The van der Waals surface area contributed by atoms with Gasteiger partial charge in [0.2, 0.25) is 0 Å². The highest BCUT2D eigenvalue weighted by Gasteiger charge is 2.22. The molecule has 1 aliphatic rings. The quantitative estimate of drug-likeness (QED) is 0.196. The van der Waals surface area contributed by atoms with Crippen LogP contribution in [0.4, 0.5) is 0 Å². The molecule has 3 heterocycles. The van der Waals surface area contributed by atoms with Gasteiger partial charge in [0.1, 0.15) is 11.2 Å². The minimum Gasteiger partial charge on any atom is -0.455 e. The van der Waals surface area contributed by atoms with Crippen LogP contribution in [0, 0.1) is 0 Å². The summed E-state index contributed by atoms with van der Waals surface area (Å²) in [5, 5.41) is 3.01. The summed E-state index contributed by atoms with van der Waals surface area (Å²) in [5.41, 5.74) is 11.9. The minimum atomic E-state index is 0.747. The van der Waals surface area contributed by atoms with Crippen LogP contribution in [0.3, 0.4) is 0 Å². The summed E-state index contributed by atoms with van der Waals surface area (Å²) in [6, 6.07) is 47.9. The average Bonchev–Trinajstić information content (AvgIpc) is 3.55. The van der Waals surface area contributed by atoms with Gasteiger partial charge in [-0.2, -0.15) is 0 Å². The highest BCUT2D eigenvalue weighted by Crippen LogP contribution is 2.43. The number of furan rings is 1. The van der Waals surface area contributed by atoms with E-state index < -0.39 is 0 Å². The van der Waals surface area contributed by atoms with Crippen LogP contribution in [-0.4, -0.2) is 15.0 Å². The standard InChI is InChI=1S/C43H29N3O/c1-4-13-28(14-5-1)29-23-25-32(26-24-29)43-45-36(30-15-6-2-7-16-30)27-37(46-43)33-20-12-21-35-39(33)42-40(34-19-10-11-22-38(34)47-42)41(44-35)31-17-8-3-9-18-31/h1-23,25,27H,24,26H2. The van der Waals surface area contributed by atoms with Crippen molar-refractivity contribution in [3.05, 3.63) is 163 Å². The van der Waals surface area contributed by atoms with E-state index >= 15 is 0 Å². The van der Waals surface area contributed by atoms with E-state index in [0.29, 0.717) is 0 Å². The Morgan fingerprint density at radius 1 is 0.489 bits per heavy atom. The molecular formula is C43H29N3O. The van der Waals surface area contributed by atoms with Gasteiger partial charge >= 0.3 is 0 Å². The maximum absolute atomic E-state index is 6.70. The van der Waals surface area contributed by atoms with Crippen LogP contribution >= 0.6 is 0 Å². The van der Waals surface area contributed by atoms with Crippen LogP contribution in [0.5, 0.6) is 0 Å². The fraction of sp³-hybridized carbons (Fsp3) is 0.0465. The smallest absolute Gasteiger partial charge is 0.156 e. The monoisotopic (exact) mass is 603 g/mol. The summed E-state index contributed by atoms with van der Waals surface area (Å²) < 4.78 is 6.70. The second-order valence-corrected chi connectivity index (χ2v) is 11.9. The first-order valence-electron chi connectivity index (χ1n) is 16.0. The van der Waals surface area contributed by atoms with Crippen LogP contribution in [0.15, 0.2) is 156 Å². The van der Waals surface area contributed by atoms with Gasteiger partial charge in [-0.15, -0.1) is 0 Å². The molecule has 0 saturated heterocycles. The van der Waals surface area contributed by atoms with Crippen LogP contribution in [-0.2, 0) is 0 Å². The summed E-state index contributed by atoms with van der Waals surface area (Å²) in [5.74, 6) is 0.747. The highest BCUT2D eigenvalue weighted by molar-refractivity contribution is 6.22. The zero-order chi connectivity index (χ0) is 31.2. The molecule has 0 fully saturated rings. The number of benzene rings is 5. The Hall–Kier alpha value is -6.13. The van der Waals surface area contributed by atoms with Gasteiger partial charge in [0.05, 0.1) is 33.4 Å². The Morgan fingerprint density at radius 3 is 1.87 bits per heavy atom. The van der Waals surface area contributed by atoms with Gasteiger partial charge in [-0.1, -0.05) is 133 Å². The lowest BCUT2D eigenvalue weighted by Crippen LogP contribution is -2.02. The lowest BCUT2D eigenvalue weighted by molar-refractivity contribution is 0.672. The number of fused-ring (bicyclic) bond motifs is 5. The lowest BCUT2D eigenvalue weighted by atomic mass is 9.92. The van der Waals surface area contributed by atoms with Gasteiger partial charge in [0.25, 0.3) is 0 Å². The third-order valence-corrected chi connectivity index (χ3v) is 9.03. The lowest BCUT2D eigenvalue weighted by Gasteiger charge is -2.16. The van der Waals surface area contributed by atoms with Gasteiger partial charge in [0.15, 0.2) is 5.82 Å². The van der Waals surface area contributed by atoms with E-state index in [2.05, 4.69) is 127 Å². The number of para-hydroxylation sites is 1. The third-order valence-electron chi connectivity index (χ3n) is 9.03. The molecule has 0 saturated carbocycles. The van der Waals surface area contributed by atoms with Crippen molar-refractivity contribution in [2.24, 2.45) is 0 Å². The number of nitrogens with zero attached hydrogens (tertiary/aromatic N) is 3. The Bertz CT molecular complexity index is 2490. The number of rotatable bonds is 5. The molecule has 0 bridgehead atoms. The summed E-state index contributed by atoms with van der Waals surface area (Å²) in [7, 11) is 0. The van der Waals surface area contributed by atoms with E-state index in [1.54, 1.807) is 0 Å². The fourth-order valence-electron chi connectivity index (χ4n) is 6.73. The molecule has 0 aliphatic heterocycles. The van der Waals surface area contributed by atoms with Gasteiger partial charge in [-0.05, 0) is 47.8 Å². The van der Waals surface area contributed by atoms with Gasteiger partial charge in [-0.3, -0.25) is 0 Å². The second kappa shape index (κ2) is 11.3. The highest BCUT2D eigenvalue weighted by atomic mass is 16.3. The predicted octanol–water partition coefficient (Wildman–Crippen LogP) is 11.2. The maximum atomic E-state index is 6.70. The van der Waals surface area contributed by atoms with Crippen molar-refractivity contribution >= 4 is 44.0 Å². The molecule has 0 unspecified atom stereocenters. The fourth-order valence-corrected chi connectivity index (χ4v) is 6.73. The van der Waals surface area contributed by atoms with E-state index in [4.69, 9.17) is 19.4 Å². The number of pyridine rings is 1. The first-order valence-corrected chi connectivity index (χ1v) is 16.0. The molecule has 1 aliphatic carbocycles. The van der Waals surface area contributed by atoms with Crippen molar-refractivity contribution in [1.29, 1.82) is 0 Å². The molecule has 4 heteroatoms. The molecule has 222 valence electrons. The Labute approximate surface area is 272 Å². The molecule has 0 spiro atoms. The Kier molecular flexibility index (Phi) is 6.57. The van der Waals surface area contributed by atoms with Crippen LogP contribution in [0.2, 0.25) is 0 Å². The molecule has 0 radical (unpaired) electrons. The van der Waals surface area contributed by atoms with Crippen LogP contribution in [0.1, 0.15) is 24.2 Å². The first kappa shape index (κ1) is 27.2. The van der Waals surface area contributed by atoms with E-state index in [-0.39, 0.29) is 0 Å². The van der Waals surface area contributed by atoms with Crippen molar-refractivity contribution in [1.82, 2.24) is 15.0 Å². The van der Waals surface area contributed by atoms with Crippen molar-refractivity contribution in [3.8, 4) is 33.8 Å². The van der Waals surface area contributed by atoms with Crippen molar-refractivity contribution < 1.29 is 4.42 Å². The third kappa shape index (κ3) is 4.82. The van der Waals surface area contributed by atoms with E-state index in [1.165, 1.54) is 11.1 Å². The summed E-state index contributed by atoms with van der Waals surface area (Å²) in [6.07, 6.45) is 6.21. The SMILES string of the molecule is C1=C(c2ccccc2)CCC(c2nc(-c3ccccc3)cc(-c3cccc4nc(-c5ccccc5)c5c6ccccc6oc5c34)n2)=C1. The first-order chi connectivity index (χ1) is 23.3. The topological polar surface area (TPSA) is 51.8 Å². The zero-order valence-corrected chi connectivity index (χ0v) is 25.6. The number of hydrogen-bond acceptors (Lipinski definition) is 4. The van der Waals surface area contributed by atoms with Gasteiger partial charge in [0, 0.05) is 22.1 Å². The second-order valence-electron chi connectivity index (χ2n) is 11.9. The predicted molar refractivity (Wildman–Crippen MR) is 193 cm³/mol. The molecule has 0 amide bonds. The largest absolute Gasteiger partial charge is 0.455 e. The Morgan fingerprint density at radius 2 is 1.13 bits per heavy atom. The summed E-state index contributed by atoms with van der Waals surface area (Å²) in [6.45, 7) is 0. The van der Waals surface area contributed by atoms with Gasteiger partial charge in [-0.25, -0.2) is 15.0 Å². The van der Waals surface area contributed by atoms with Crippen molar-refractivity contribution in [2.75, 3.05) is 0 Å². The van der Waals surface area contributed by atoms with Crippen molar-refractivity contribution in [2.45, 2.75) is 12.8 Å². The molecule has 0 N–H and O–H groups in total. The molecule has 5 aromatic carbocycles. The summed E-state index contributed by atoms with van der Waals surface area (Å²) in [4.78, 5) is 15.7. The van der Waals surface area contributed by atoms with Crippen LogP contribution < -0.4 is 0 Å². The van der Waals surface area contributed by atoms with E-state index in [0.717, 1.165) is 90.9 Å². The molecule has 3 aromatic heterocycles. The minimum absolute atomic E-state index is 0.747. The van der Waals surface area contributed by atoms with E-state index in [9.17, 15) is 0 Å². The number of aromatic nitrogens is 3. The molecule has 9 rings (SSSR count). The van der Waals surface area contributed by atoms with Gasteiger partial charge < -0.3 is 4.42 Å². The normalized spacial score (nSPS) is 13.2.